The molecule has 1 unspecified atom stereocenters. The zero-order valence-corrected chi connectivity index (χ0v) is 12.4. The van der Waals surface area contributed by atoms with Crippen molar-refractivity contribution in [1.82, 2.24) is 9.80 Å². The topological polar surface area (TPSA) is 40.6 Å². The molecule has 2 aliphatic heterocycles. The van der Waals surface area contributed by atoms with Crippen LogP contribution in [0.25, 0.3) is 0 Å². The predicted octanol–water partition coefficient (Wildman–Crippen LogP) is 1.83. The number of hydrogen-bond acceptors (Lipinski definition) is 3. The van der Waals surface area contributed by atoms with Crippen LogP contribution in [0, 0.1) is 5.92 Å². The minimum absolute atomic E-state index is 0.238. The lowest BCUT2D eigenvalue weighted by molar-refractivity contribution is -0.135. The fourth-order valence-electron chi connectivity index (χ4n) is 4.20. The standard InChI is InChI=1S/C16H26N2O2/c19-14-7-10-17(11-8-14)16(20)12-18-9-3-6-15(18)13-4-1-2-5-13/h13,15H,1-12H2. The first-order valence-corrected chi connectivity index (χ1v) is 8.27. The molecule has 4 heteroatoms. The molecule has 3 rings (SSSR count). The summed E-state index contributed by atoms with van der Waals surface area (Å²) in [5.41, 5.74) is 0. The van der Waals surface area contributed by atoms with E-state index in [9.17, 15) is 9.59 Å². The lowest BCUT2D eigenvalue weighted by atomic mass is 9.96. The molecule has 0 spiro atoms. The third kappa shape index (κ3) is 3.05. The molecule has 4 nitrogen and oxygen atoms in total. The Morgan fingerprint density at radius 2 is 1.70 bits per heavy atom. The number of carbonyl (C=O) groups is 2. The van der Waals surface area contributed by atoms with E-state index in [1.54, 1.807) is 0 Å². The van der Waals surface area contributed by atoms with Crippen LogP contribution < -0.4 is 0 Å². The Kier molecular flexibility index (Phi) is 4.39. The van der Waals surface area contributed by atoms with Gasteiger partial charge >= 0.3 is 0 Å². The number of Topliss-reactive ketones (excluding diaryl/α,β-unsaturated/α-hetero) is 1. The van der Waals surface area contributed by atoms with Gasteiger partial charge in [0.05, 0.1) is 6.54 Å². The van der Waals surface area contributed by atoms with Crippen LogP contribution >= 0.6 is 0 Å². The van der Waals surface area contributed by atoms with E-state index in [1.807, 2.05) is 4.90 Å². The molecule has 0 aromatic carbocycles. The Morgan fingerprint density at radius 1 is 1.00 bits per heavy atom. The lowest BCUT2D eigenvalue weighted by Gasteiger charge is -2.32. The van der Waals surface area contributed by atoms with Gasteiger partial charge in [-0.3, -0.25) is 14.5 Å². The Balaban J connectivity index is 1.53. The molecule has 1 atom stereocenters. The molecule has 112 valence electrons. The highest BCUT2D eigenvalue weighted by Crippen LogP contribution is 2.35. The van der Waals surface area contributed by atoms with Gasteiger partial charge in [0.15, 0.2) is 0 Å². The van der Waals surface area contributed by atoms with Gasteiger partial charge in [-0.25, -0.2) is 0 Å². The Morgan fingerprint density at radius 3 is 2.40 bits per heavy atom. The number of amides is 1. The van der Waals surface area contributed by atoms with E-state index in [4.69, 9.17) is 0 Å². The van der Waals surface area contributed by atoms with Crippen molar-refractivity contribution in [1.29, 1.82) is 0 Å². The van der Waals surface area contributed by atoms with Gasteiger partial charge in [-0.2, -0.15) is 0 Å². The molecule has 2 heterocycles. The molecule has 2 saturated heterocycles. The Bertz CT molecular complexity index is 367. The van der Waals surface area contributed by atoms with Gasteiger partial charge in [0, 0.05) is 32.0 Å². The maximum Gasteiger partial charge on any atom is 0.236 e. The van der Waals surface area contributed by atoms with Crippen molar-refractivity contribution >= 4 is 11.7 Å². The molecule has 0 radical (unpaired) electrons. The van der Waals surface area contributed by atoms with Crippen LogP contribution in [0.2, 0.25) is 0 Å². The van der Waals surface area contributed by atoms with Crippen molar-refractivity contribution in [2.24, 2.45) is 5.92 Å². The number of piperidine rings is 1. The van der Waals surface area contributed by atoms with Crippen LogP contribution in [0.4, 0.5) is 0 Å². The van der Waals surface area contributed by atoms with Crippen LogP contribution in [0.15, 0.2) is 0 Å². The largest absolute Gasteiger partial charge is 0.341 e. The van der Waals surface area contributed by atoms with Crippen molar-refractivity contribution in [3.05, 3.63) is 0 Å². The predicted molar refractivity (Wildman–Crippen MR) is 77.4 cm³/mol. The molecular formula is C16H26N2O2. The minimum atomic E-state index is 0.238. The molecule has 3 fully saturated rings. The highest BCUT2D eigenvalue weighted by Gasteiger charge is 2.35. The van der Waals surface area contributed by atoms with Crippen LogP contribution in [0.1, 0.15) is 51.4 Å². The summed E-state index contributed by atoms with van der Waals surface area (Å²) in [5.74, 6) is 1.37. The van der Waals surface area contributed by atoms with E-state index < -0.39 is 0 Å². The van der Waals surface area contributed by atoms with E-state index in [0.717, 1.165) is 12.5 Å². The number of rotatable bonds is 3. The van der Waals surface area contributed by atoms with Crippen LogP contribution in [0.5, 0.6) is 0 Å². The quantitative estimate of drug-likeness (QED) is 0.791. The molecule has 1 saturated carbocycles. The van der Waals surface area contributed by atoms with Gasteiger partial charge in [0.2, 0.25) is 5.91 Å². The van der Waals surface area contributed by atoms with Crippen molar-refractivity contribution in [3.63, 3.8) is 0 Å². The number of hydrogen-bond donors (Lipinski definition) is 0. The third-order valence-electron chi connectivity index (χ3n) is 5.37. The van der Waals surface area contributed by atoms with Crippen LogP contribution in [-0.4, -0.2) is 53.7 Å². The molecule has 0 bridgehead atoms. The van der Waals surface area contributed by atoms with Crippen molar-refractivity contribution in [2.45, 2.75) is 57.4 Å². The van der Waals surface area contributed by atoms with Gasteiger partial charge in [-0.05, 0) is 38.1 Å². The molecular weight excluding hydrogens is 252 g/mol. The second-order valence-electron chi connectivity index (χ2n) is 6.64. The molecule has 20 heavy (non-hydrogen) atoms. The SMILES string of the molecule is O=C1CCN(C(=O)CN2CCCC2C2CCCC2)CC1. The van der Waals surface area contributed by atoms with E-state index >= 15 is 0 Å². The third-order valence-corrected chi connectivity index (χ3v) is 5.37. The maximum absolute atomic E-state index is 12.4. The summed E-state index contributed by atoms with van der Waals surface area (Å²) in [5, 5.41) is 0. The smallest absolute Gasteiger partial charge is 0.236 e. The number of nitrogens with zero attached hydrogens (tertiary/aromatic N) is 2. The summed E-state index contributed by atoms with van der Waals surface area (Å²) >= 11 is 0. The normalized spacial score (nSPS) is 29.3. The number of ketones is 1. The highest BCUT2D eigenvalue weighted by molar-refractivity contribution is 5.84. The van der Waals surface area contributed by atoms with Gasteiger partial charge in [0.25, 0.3) is 0 Å². The fraction of sp³-hybridized carbons (Fsp3) is 0.875. The molecule has 3 aliphatic rings. The maximum atomic E-state index is 12.4. The zero-order valence-electron chi connectivity index (χ0n) is 12.4. The van der Waals surface area contributed by atoms with Crippen LogP contribution in [0.3, 0.4) is 0 Å². The van der Waals surface area contributed by atoms with Crippen molar-refractivity contribution in [2.75, 3.05) is 26.2 Å². The molecule has 1 amide bonds. The van der Waals surface area contributed by atoms with E-state index in [2.05, 4.69) is 4.90 Å². The fourth-order valence-corrected chi connectivity index (χ4v) is 4.20. The van der Waals surface area contributed by atoms with Gasteiger partial charge in [0.1, 0.15) is 5.78 Å². The highest BCUT2D eigenvalue weighted by atomic mass is 16.2. The van der Waals surface area contributed by atoms with Gasteiger partial charge < -0.3 is 4.90 Å². The Hall–Kier alpha value is -0.900. The summed E-state index contributed by atoms with van der Waals surface area (Å²) in [7, 11) is 0. The van der Waals surface area contributed by atoms with E-state index in [-0.39, 0.29) is 5.91 Å². The van der Waals surface area contributed by atoms with Crippen molar-refractivity contribution in [3.8, 4) is 0 Å². The summed E-state index contributed by atoms with van der Waals surface area (Å²) in [6, 6.07) is 0.646. The summed E-state index contributed by atoms with van der Waals surface area (Å²) in [6.45, 7) is 2.94. The number of carbonyl (C=O) groups excluding carboxylic acids is 2. The first-order chi connectivity index (χ1) is 9.74. The summed E-state index contributed by atoms with van der Waals surface area (Å²) in [6.07, 6.45) is 9.08. The molecule has 0 aromatic heterocycles. The zero-order chi connectivity index (χ0) is 13.9. The second-order valence-corrected chi connectivity index (χ2v) is 6.64. The van der Waals surface area contributed by atoms with E-state index in [1.165, 1.54) is 38.5 Å². The molecule has 0 aromatic rings. The number of likely N-dealkylation sites (tertiary alicyclic amines) is 2. The first kappa shape index (κ1) is 14.1. The Labute approximate surface area is 121 Å². The second kappa shape index (κ2) is 6.25. The average molecular weight is 278 g/mol. The average Bonchev–Trinajstić information content (AvgIpc) is 3.09. The van der Waals surface area contributed by atoms with Gasteiger partial charge in [-0.15, -0.1) is 0 Å². The minimum Gasteiger partial charge on any atom is -0.341 e. The first-order valence-electron chi connectivity index (χ1n) is 8.27. The summed E-state index contributed by atoms with van der Waals surface area (Å²) in [4.78, 5) is 28.0. The molecule has 0 N–H and O–H groups in total. The van der Waals surface area contributed by atoms with Gasteiger partial charge in [-0.1, -0.05) is 12.8 Å². The van der Waals surface area contributed by atoms with Crippen LogP contribution in [-0.2, 0) is 9.59 Å². The van der Waals surface area contributed by atoms with Crippen molar-refractivity contribution < 1.29 is 9.59 Å². The summed E-state index contributed by atoms with van der Waals surface area (Å²) < 4.78 is 0. The molecule has 1 aliphatic carbocycles. The monoisotopic (exact) mass is 278 g/mol. The van der Waals surface area contributed by atoms with E-state index in [0.29, 0.717) is 44.3 Å². The lowest BCUT2D eigenvalue weighted by Crippen LogP contribution is -2.46.